The molecular weight excluding hydrogens is 544 g/mol. The van der Waals surface area contributed by atoms with Crippen LogP contribution in [0, 0.1) is 0 Å². The fourth-order valence-electron chi connectivity index (χ4n) is 5.34. The minimum atomic E-state index is 0.0899. The number of benzene rings is 3. The second-order valence-corrected chi connectivity index (χ2v) is 10.5. The highest BCUT2D eigenvalue weighted by atomic mass is 16.5. The summed E-state index contributed by atoms with van der Waals surface area (Å²) >= 11 is 0. The van der Waals surface area contributed by atoms with Crippen molar-refractivity contribution in [3.05, 3.63) is 102 Å². The van der Waals surface area contributed by atoms with E-state index in [1.54, 1.807) is 19.8 Å². The highest BCUT2D eigenvalue weighted by Crippen LogP contribution is 2.29. The third kappa shape index (κ3) is 9.28. The average Bonchev–Trinajstić information content (AvgIpc) is 3.59. The zero-order chi connectivity index (χ0) is 29.5. The lowest BCUT2D eigenvalue weighted by atomic mass is 9.88. The van der Waals surface area contributed by atoms with Crippen molar-refractivity contribution in [2.24, 2.45) is 0 Å². The van der Waals surface area contributed by atoms with Crippen LogP contribution in [0.2, 0.25) is 0 Å². The second kappa shape index (κ2) is 16.6. The number of nitrogens with one attached hydrogen (secondary N) is 1. The molecule has 2 atom stereocenters. The van der Waals surface area contributed by atoms with E-state index in [0.29, 0.717) is 39.0 Å². The van der Waals surface area contributed by atoms with Gasteiger partial charge in [-0.15, -0.1) is 0 Å². The van der Waals surface area contributed by atoms with Gasteiger partial charge in [-0.2, -0.15) is 5.10 Å². The molecule has 0 amide bonds. The Bertz CT molecular complexity index is 1350. The van der Waals surface area contributed by atoms with E-state index in [4.69, 9.17) is 23.7 Å². The van der Waals surface area contributed by atoms with E-state index in [1.165, 1.54) is 5.56 Å². The third-order valence-electron chi connectivity index (χ3n) is 7.61. The first-order chi connectivity index (χ1) is 21.3. The molecule has 0 spiro atoms. The number of rotatable bonds is 17. The summed E-state index contributed by atoms with van der Waals surface area (Å²) < 4.78 is 31.5. The lowest BCUT2D eigenvalue weighted by Crippen LogP contribution is -2.41. The van der Waals surface area contributed by atoms with Crippen LogP contribution in [-0.4, -0.2) is 67.5 Å². The summed E-state index contributed by atoms with van der Waals surface area (Å²) in [5.41, 5.74) is 3.48. The Hall–Kier alpha value is -3.92. The number of nitrogens with zero attached hydrogens (tertiary/aromatic N) is 3. The predicted molar refractivity (Wildman–Crippen MR) is 165 cm³/mol. The molecule has 9 nitrogen and oxygen atoms in total. The Morgan fingerprint density at radius 1 is 0.860 bits per heavy atom. The SMILES string of the molecule is COc1ccccc1COCCCOc1ccc(C2CCNCC2OCCOc2ccccc2CCn2cncn2)cc1. The molecule has 0 saturated carbocycles. The van der Waals surface area contributed by atoms with E-state index < -0.39 is 0 Å². The van der Waals surface area contributed by atoms with Crippen LogP contribution in [-0.2, 0) is 29.0 Å². The lowest BCUT2D eigenvalue weighted by Gasteiger charge is -2.32. The molecule has 0 radical (unpaired) electrons. The molecule has 43 heavy (non-hydrogen) atoms. The van der Waals surface area contributed by atoms with Gasteiger partial charge in [0.05, 0.1) is 39.6 Å². The molecule has 1 aromatic heterocycles. The normalized spacial score (nSPS) is 16.6. The zero-order valence-corrected chi connectivity index (χ0v) is 24.9. The number of hydrogen-bond donors (Lipinski definition) is 1. The van der Waals surface area contributed by atoms with Crippen molar-refractivity contribution in [2.75, 3.05) is 46.6 Å². The van der Waals surface area contributed by atoms with Gasteiger partial charge < -0.3 is 29.0 Å². The first-order valence-corrected chi connectivity index (χ1v) is 15.1. The Morgan fingerprint density at radius 3 is 2.49 bits per heavy atom. The van der Waals surface area contributed by atoms with Gasteiger partial charge in [-0.3, -0.25) is 4.68 Å². The van der Waals surface area contributed by atoms with Gasteiger partial charge in [0, 0.05) is 31.0 Å². The minimum Gasteiger partial charge on any atom is -0.496 e. The van der Waals surface area contributed by atoms with Gasteiger partial charge in [0.15, 0.2) is 0 Å². The first-order valence-electron chi connectivity index (χ1n) is 15.1. The maximum atomic E-state index is 6.35. The van der Waals surface area contributed by atoms with Crippen LogP contribution in [0.4, 0.5) is 0 Å². The molecule has 1 aliphatic heterocycles. The fraction of sp³-hybridized carbons (Fsp3) is 0.412. The maximum Gasteiger partial charge on any atom is 0.137 e. The Kier molecular flexibility index (Phi) is 11.8. The number of aryl methyl sites for hydroxylation is 2. The van der Waals surface area contributed by atoms with Gasteiger partial charge in [0.1, 0.15) is 36.5 Å². The Labute approximate surface area is 254 Å². The molecule has 4 aromatic rings. The van der Waals surface area contributed by atoms with Gasteiger partial charge in [-0.25, -0.2) is 4.98 Å². The number of aromatic nitrogens is 3. The summed E-state index contributed by atoms with van der Waals surface area (Å²) in [6, 6.07) is 24.5. The highest BCUT2D eigenvalue weighted by Gasteiger charge is 2.27. The molecule has 9 heteroatoms. The molecule has 0 aliphatic carbocycles. The average molecular weight is 587 g/mol. The first kappa shape index (κ1) is 30.5. The smallest absolute Gasteiger partial charge is 0.137 e. The molecule has 2 heterocycles. The zero-order valence-electron chi connectivity index (χ0n) is 24.9. The van der Waals surface area contributed by atoms with Gasteiger partial charge in [-0.1, -0.05) is 48.5 Å². The summed E-state index contributed by atoms with van der Waals surface area (Å²) in [4.78, 5) is 4.01. The van der Waals surface area contributed by atoms with Crippen molar-refractivity contribution in [2.45, 2.75) is 44.4 Å². The van der Waals surface area contributed by atoms with Crippen molar-refractivity contribution in [3.63, 3.8) is 0 Å². The molecule has 3 aromatic carbocycles. The number of para-hydroxylation sites is 2. The van der Waals surface area contributed by atoms with Gasteiger partial charge in [0.25, 0.3) is 0 Å². The van der Waals surface area contributed by atoms with Crippen LogP contribution in [0.1, 0.15) is 35.4 Å². The molecule has 1 aliphatic rings. The van der Waals surface area contributed by atoms with E-state index in [-0.39, 0.29) is 6.10 Å². The molecule has 0 bridgehead atoms. The third-order valence-corrected chi connectivity index (χ3v) is 7.61. The molecule has 1 saturated heterocycles. The van der Waals surface area contributed by atoms with E-state index in [1.807, 2.05) is 47.1 Å². The van der Waals surface area contributed by atoms with E-state index in [2.05, 4.69) is 45.7 Å². The van der Waals surface area contributed by atoms with Crippen LogP contribution >= 0.6 is 0 Å². The summed E-state index contributed by atoms with van der Waals surface area (Å²) in [6.45, 7) is 5.35. The fourth-order valence-corrected chi connectivity index (χ4v) is 5.34. The van der Waals surface area contributed by atoms with Gasteiger partial charge in [-0.05, 0) is 54.8 Å². The van der Waals surface area contributed by atoms with E-state index in [9.17, 15) is 0 Å². The van der Waals surface area contributed by atoms with Crippen LogP contribution in [0.15, 0.2) is 85.5 Å². The largest absolute Gasteiger partial charge is 0.496 e. The Balaban J connectivity index is 1.02. The van der Waals surface area contributed by atoms with Crippen LogP contribution in [0.3, 0.4) is 0 Å². The molecule has 1 N–H and O–H groups in total. The van der Waals surface area contributed by atoms with Gasteiger partial charge in [0.2, 0.25) is 0 Å². The number of piperidine rings is 1. The van der Waals surface area contributed by atoms with Crippen molar-refractivity contribution in [1.29, 1.82) is 0 Å². The summed E-state index contributed by atoms with van der Waals surface area (Å²) in [7, 11) is 1.68. The molecular formula is C34H42N4O5. The monoisotopic (exact) mass is 586 g/mol. The second-order valence-electron chi connectivity index (χ2n) is 10.5. The standard InChI is InChI=1S/C34H42N4O5/c1-39-32-9-4-3-8-29(32)24-40-19-6-20-41-30-13-11-27(12-14-30)31-15-17-35-23-34(31)43-22-21-42-33-10-5-2-7-28(33)16-18-38-26-36-25-37-38/h2-5,7-14,25-26,31,34-35H,6,15-24H2,1H3. The van der Waals surface area contributed by atoms with Crippen molar-refractivity contribution >= 4 is 0 Å². The molecule has 228 valence electrons. The van der Waals surface area contributed by atoms with Crippen molar-refractivity contribution in [3.8, 4) is 17.2 Å². The molecule has 2 unspecified atom stereocenters. The van der Waals surface area contributed by atoms with Crippen molar-refractivity contribution in [1.82, 2.24) is 20.1 Å². The topological polar surface area (TPSA) is 88.9 Å². The number of methoxy groups -OCH3 is 1. The summed E-state index contributed by atoms with van der Waals surface area (Å²) in [5.74, 6) is 2.94. The number of hydrogen-bond acceptors (Lipinski definition) is 8. The number of ether oxygens (including phenoxy) is 5. The molecule has 1 fully saturated rings. The van der Waals surface area contributed by atoms with E-state index in [0.717, 1.165) is 67.3 Å². The lowest BCUT2D eigenvalue weighted by molar-refractivity contribution is 0.00720. The molecule has 5 rings (SSSR count). The van der Waals surface area contributed by atoms with Crippen LogP contribution in [0.25, 0.3) is 0 Å². The predicted octanol–water partition coefficient (Wildman–Crippen LogP) is 5.06. The van der Waals surface area contributed by atoms with Crippen LogP contribution in [0.5, 0.6) is 17.2 Å². The summed E-state index contributed by atoms with van der Waals surface area (Å²) in [5, 5.41) is 7.67. The minimum absolute atomic E-state index is 0.0899. The van der Waals surface area contributed by atoms with E-state index >= 15 is 0 Å². The van der Waals surface area contributed by atoms with Gasteiger partial charge >= 0.3 is 0 Å². The Morgan fingerprint density at radius 2 is 1.67 bits per heavy atom. The summed E-state index contributed by atoms with van der Waals surface area (Å²) in [6.07, 6.45) is 6.05. The highest BCUT2D eigenvalue weighted by molar-refractivity contribution is 5.34. The maximum absolute atomic E-state index is 6.35. The van der Waals surface area contributed by atoms with Crippen molar-refractivity contribution < 1.29 is 23.7 Å². The van der Waals surface area contributed by atoms with Crippen LogP contribution < -0.4 is 19.5 Å². The quantitative estimate of drug-likeness (QED) is 0.172.